The number of methoxy groups -OCH3 is 1. The highest BCUT2D eigenvalue weighted by atomic mass is 16.5. The van der Waals surface area contributed by atoms with Gasteiger partial charge in [-0.25, -0.2) is 4.98 Å². The van der Waals surface area contributed by atoms with Gasteiger partial charge in [-0.3, -0.25) is 9.78 Å². The number of nitrogens with zero attached hydrogens (tertiary/aromatic N) is 1. The molecule has 1 heterocycles. The van der Waals surface area contributed by atoms with Gasteiger partial charge >= 0.3 is 0 Å². The first-order chi connectivity index (χ1) is 11.6. The van der Waals surface area contributed by atoms with Gasteiger partial charge in [0.25, 0.3) is 5.56 Å². The van der Waals surface area contributed by atoms with E-state index in [0.717, 1.165) is 22.6 Å². The standard InChI is InChI=1S/C19H19N3O2/c1-12-5-4-6-16(13(12)2)20-19-21-17(11-18(23)22-19)14-7-9-15(24-3)10-8-14/h4-11H,1-3H3,(H2,20,21,22,23). The van der Waals surface area contributed by atoms with Crippen LogP contribution in [0.4, 0.5) is 11.6 Å². The monoisotopic (exact) mass is 321 g/mol. The first kappa shape index (κ1) is 15.8. The van der Waals surface area contributed by atoms with Gasteiger partial charge in [0.15, 0.2) is 0 Å². The number of aromatic nitrogens is 2. The Morgan fingerprint density at radius 3 is 2.54 bits per heavy atom. The first-order valence-electron chi connectivity index (χ1n) is 7.66. The molecule has 122 valence electrons. The second-order valence-electron chi connectivity index (χ2n) is 5.58. The third kappa shape index (κ3) is 3.30. The molecule has 2 aromatic carbocycles. The molecule has 3 aromatic rings. The SMILES string of the molecule is COc1ccc(-c2cc(=O)[nH]c(Nc3cccc(C)c3C)n2)cc1. The van der Waals surface area contributed by atoms with E-state index in [2.05, 4.69) is 15.3 Å². The van der Waals surface area contributed by atoms with Crippen LogP contribution in [0.5, 0.6) is 5.75 Å². The molecule has 0 aliphatic carbocycles. The zero-order chi connectivity index (χ0) is 17.1. The zero-order valence-corrected chi connectivity index (χ0v) is 13.9. The zero-order valence-electron chi connectivity index (χ0n) is 13.9. The molecular formula is C19H19N3O2. The summed E-state index contributed by atoms with van der Waals surface area (Å²) in [5.41, 5.74) is 4.47. The summed E-state index contributed by atoms with van der Waals surface area (Å²) < 4.78 is 5.16. The molecule has 3 rings (SSSR count). The fourth-order valence-corrected chi connectivity index (χ4v) is 2.44. The average molecular weight is 321 g/mol. The molecular weight excluding hydrogens is 302 g/mol. The van der Waals surface area contributed by atoms with E-state index in [0.29, 0.717) is 11.6 Å². The van der Waals surface area contributed by atoms with Gasteiger partial charge in [0.2, 0.25) is 5.95 Å². The lowest BCUT2D eigenvalue weighted by Gasteiger charge is -2.11. The molecule has 0 atom stereocenters. The summed E-state index contributed by atoms with van der Waals surface area (Å²) in [6.45, 7) is 4.08. The summed E-state index contributed by atoms with van der Waals surface area (Å²) in [6, 6.07) is 14.9. The van der Waals surface area contributed by atoms with Crippen LogP contribution in [0.15, 0.2) is 53.3 Å². The van der Waals surface area contributed by atoms with Crippen molar-refractivity contribution in [2.45, 2.75) is 13.8 Å². The van der Waals surface area contributed by atoms with Crippen LogP contribution in [0, 0.1) is 13.8 Å². The fourth-order valence-electron chi connectivity index (χ4n) is 2.44. The highest BCUT2D eigenvalue weighted by Gasteiger charge is 2.07. The van der Waals surface area contributed by atoms with E-state index in [9.17, 15) is 4.79 Å². The van der Waals surface area contributed by atoms with Crippen LogP contribution in [-0.4, -0.2) is 17.1 Å². The van der Waals surface area contributed by atoms with Crippen LogP contribution in [0.25, 0.3) is 11.3 Å². The molecule has 2 N–H and O–H groups in total. The molecule has 0 fully saturated rings. The van der Waals surface area contributed by atoms with Gasteiger partial charge in [-0.15, -0.1) is 0 Å². The highest BCUT2D eigenvalue weighted by Crippen LogP contribution is 2.23. The van der Waals surface area contributed by atoms with Gasteiger partial charge in [0.05, 0.1) is 12.8 Å². The van der Waals surface area contributed by atoms with E-state index < -0.39 is 0 Å². The Morgan fingerprint density at radius 1 is 1.08 bits per heavy atom. The molecule has 5 heteroatoms. The van der Waals surface area contributed by atoms with Crippen molar-refractivity contribution in [1.82, 2.24) is 9.97 Å². The number of H-pyrrole nitrogens is 1. The lowest BCUT2D eigenvalue weighted by atomic mass is 10.1. The first-order valence-corrected chi connectivity index (χ1v) is 7.66. The Bertz CT molecular complexity index is 915. The van der Waals surface area contributed by atoms with Crippen molar-refractivity contribution in [2.75, 3.05) is 12.4 Å². The quantitative estimate of drug-likeness (QED) is 0.767. The number of hydrogen-bond donors (Lipinski definition) is 2. The lowest BCUT2D eigenvalue weighted by Crippen LogP contribution is -2.11. The van der Waals surface area contributed by atoms with Gasteiger partial charge in [-0.05, 0) is 55.3 Å². The summed E-state index contributed by atoms with van der Waals surface area (Å²) in [5.74, 6) is 1.18. The lowest BCUT2D eigenvalue weighted by molar-refractivity contribution is 0.415. The van der Waals surface area contributed by atoms with Crippen molar-refractivity contribution in [3.8, 4) is 17.0 Å². The van der Waals surface area contributed by atoms with Crippen molar-refractivity contribution in [2.24, 2.45) is 0 Å². The number of ether oxygens (including phenoxy) is 1. The number of rotatable bonds is 4. The minimum atomic E-state index is -0.205. The normalized spacial score (nSPS) is 10.5. The maximum Gasteiger partial charge on any atom is 0.252 e. The largest absolute Gasteiger partial charge is 0.497 e. The van der Waals surface area contributed by atoms with Crippen LogP contribution in [0.1, 0.15) is 11.1 Å². The Kier molecular flexibility index (Phi) is 4.33. The van der Waals surface area contributed by atoms with Gasteiger partial charge in [-0.1, -0.05) is 12.1 Å². The van der Waals surface area contributed by atoms with Crippen LogP contribution < -0.4 is 15.6 Å². The topological polar surface area (TPSA) is 67.0 Å². The van der Waals surface area contributed by atoms with Gasteiger partial charge < -0.3 is 10.1 Å². The minimum absolute atomic E-state index is 0.205. The van der Waals surface area contributed by atoms with E-state index in [1.165, 1.54) is 11.6 Å². The predicted octanol–water partition coefficient (Wildman–Crippen LogP) is 3.81. The third-order valence-corrected chi connectivity index (χ3v) is 3.99. The molecule has 0 unspecified atom stereocenters. The predicted molar refractivity (Wildman–Crippen MR) is 96.0 cm³/mol. The average Bonchev–Trinajstić information content (AvgIpc) is 2.58. The van der Waals surface area contributed by atoms with Gasteiger partial charge in [0, 0.05) is 17.3 Å². The number of benzene rings is 2. The molecule has 0 radical (unpaired) electrons. The maximum absolute atomic E-state index is 12.0. The Labute approximate surface area is 140 Å². The maximum atomic E-state index is 12.0. The molecule has 5 nitrogen and oxygen atoms in total. The van der Waals surface area contributed by atoms with E-state index >= 15 is 0 Å². The number of nitrogens with one attached hydrogen (secondary N) is 2. The van der Waals surface area contributed by atoms with Crippen molar-refractivity contribution in [1.29, 1.82) is 0 Å². The van der Waals surface area contributed by atoms with Gasteiger partial charge in [-0.2, -0.15) is 0 Å². The van der Waals surface area contributed by atoms with Crippen molar-refractivity contribution in [3.63, 3.8) is 0 Å². The second-order valence-corrected chi connectivity index (χ2v) is 5.58. The van der Waals surface area contributed by atoms with Crippen molar-refractivity contribution >= 4 is 11.6 Å². The number of aryl methyl sites for hydroxylation is 1. The van der Waals surface area contributed by atoms with Crippen molar-refractivity contribution in [3.05, 3.63) is 70.0 Å². The molecule has 0 aliphatic heterocycles. The van der Waals surface area contributed by atoms with E-state index in [1.54, 1.807) is 7.11 Å². The molecule has 0 saturated carbocycles. The van der Waals surface area contributed by atoms with E-state index in [4.69, 9.17) is 4.74 Å². The third-order valence-electron chi connectivity index (χ3n) is 3.99. The number of hydrogen-bond acceptors (Lipinski definition) is 4. The van der Waals surface area contributed by atoms with Crippen LogP contribution in [0.3, 0.4) is 0 Å². The van der Waals surface area contributed by atoms with Gasteiger partial charge in [0.1, 0.15) is 5.75 Å². The number of anilines is 2. The summed E-state index contributed by atoms with van der Waals surface area (Å²) in [5, 5.41) is 3.20. The molecule has 0 aliphatic rings. The Morgan fingerprint density at radius 2 is 1.83 bits per heavy atom. The summed E-state index contributed by atoms with van der Waals surface area (Å²) >= 11 is 0. The molecule has 0 spiro atoms. The van der Waals surface area contributed by atoms with E-state index in [-0.39, 0.29) is 5.56 Å². The van der Waals surface area contributed by atoms with E-state index in [1.807, 2.05) is 56.3 Å². The molecule has 24 heavy (non-hydrogen) atoms. The van der Waals surface area contributed by atoms with Crippen molar-refractivity contribution < 1.29 is 4.74 Å². The number of aromatic amines is 1. The Hall–Kier alpha value is -3.08. The summed E-state index contributed by atoms with van der Waals surface area (Å²) in [7, 11) is 1.62. The minimum Gasteiger partial charge on any atom is -0.497 e. The van der Waals surface area contributed by atoms with Crippen LogP contribution >= 0.6 is 0 Å². The summed E-state index contributed by atoms with van der Waals surface area (Å²) in [6.07, 6.45) is 0. The summed E-state index contributed by atoms with van der Waals surface area (Å²) in [4.78, 5) is 19.2. The Balaban J connectivity index is 1.96. The van der Waals surface area contributed by atoms with Crippen LogP contribution in [0.2, 0.25) is 0 Å². The smallest absolute Gasteiger partial charge is 0.252 e. The second kappa shape index (κ2) is 6.58. The van der Waals surface area contributed by atoms with Crippen LogP contribution in [-0.2, 0) is 0 Å². The molecule has 1 aromatic heterocycles. The highest BCUT2D eigenvalue weighted by molar-refractivity contribution is 5.64. The molecule has 0 amide bonds. The molecule has 0 bridgehead atoms. The fraction of sp³-hybridized carbons (Fsp3) is 0.158. The molecule has 0 saturated heterocycles.